The highest BCUT2D eigenvalue weighted by molar-refractivity contribution is 6.31. The van der Waals surface area contributed by atoms with E-state index in [2.05, 4.69) is 10.6 Å². The maximum atomic E-state index is 12.9. The summed E-state index contributed by atoms with van der Waals surface area (Å²) in [6.45, 7) is 4.16. The lowest BCUT2D eigenvalue weighted by Gasteiger charge is -2.32. The summed E-state index contributed by atoms with van der Waals surface area (Å²) in [7, 11) is 1.82. The average Bonchev–Trinajstić information content (AvgIpc) is 2.70. The molecule has 1 atom stereocenters. The molecule has 0 spiro atoms. The molecule has 0 amide bonds. The van der Waals surface area contributed by atoms with Crippen LogP contribution in [0, 0.1) is 0 Å². The van der Waals surface area contributed by atoms with Crippen molar-refractivity contribution in [3.63, 3.8) is 0 Å². The van der Waals surface area contributed by atoms with E-state index in [-0.39, 0.29) is 24.4 Å². The Labute approximate surface area is 175 Å². The van der Waals surface area contributed by atoms with Crippen LogP contribution in [0.25, 0.3) is 0 Å². The molecule has 0 aliphatic carbocycles. The molecule has 2 rings (SSSR count). The van der Waals surface area contributed by atoms with Gasteiger partial charge in [0.1, 0.15) is 6.61 Å². The minimum Gasteiger partial charge on any atom is -0.463 e. The number of rotatable bonds is 10. The first-order valence-corrected chi connectivity index (χ1v) is 9.82. The number of allylic oxidation sites excluding steroid dienone is 1. The molecule has 0 bridgehead atoms. The molecule has 0 aromatic heterocycles. The van der Waals surface area contributed by atoms with Crippen molar-refractivity contribution < 1.29 is 24.2 Å². The van der Waals surface area contributed by atoms with Gasteiger partial charge >= 0.3 is 5.97 Å². The predicted octanol–water partition coefficient (Wildman–Crippen LogP) is 1.92. The van der Waals surface area contributed by atoms with E-state index in [1.165, 1.54) is 0 Å². The SMILES string of the molecule is CCOC(=O)C1=C(COCCNC)NC(C)=C(C(=O)CO)C1c1ccccc1Cl. The number of esters is 1. The quantitative estimate of drug-likeness (QED) is 0.391. The second-order valence-corrected chi connectivity index (χ2v) is 6.88. The number of ether oxygens (including phenoxy) is 2. The molecule has 1 unspecified atom stereocenters. The van der Waals surface area contributed by atoms with Crippen molar-refractivity contribution in [2.24, 2.45) is 0 Å². The number of dihydropyridines is 1. The van der Waals surface area contributed by atoms with Gasteiger partial charge in [-0.25, -0.2) is 4.79 Å². The molecule has 158 valence electrons. The van der Waals surface area contributed by atoms with Crippen LogP contribution in [0.1, 0.15) is 25.3 Å². The van der Waals surface area contributed by atoms with Crippen LogP contribution in [0.5, 0.6) is 0 Å². The Balaban J connectivity index is 2.62. The predicted molar refractivity (Wildman–Crippen MR) is 111 cm³/mol. The fourth-order valence-corrected chi connectivity index (χ4v) is 3.53. The van der Waals surface area contributed by atoms with E-state index in [0.717, 1.165) is 0 Å². The number of hydrogen-bond donors (Lipinski definition) is 3. The number of hydrogen-bond acceptors (Lipinski definition) is 7. The molecular formula is C21H27ClN2O5. The molecule has 1 aromatic rings. The molecule has 1 heterocycles. The van der Waals surface area contributed by atoms with Crippen molar-refractivity contribution in [1.29, 1.82) is 0 Å². The van der Waals surface area contributed by atoms with Gasteiger partial charge in [0.2, 0.25) is 0 Å². The molecule has 8 heteroatoms. The zero-order valence-corrected chi connectivity index (χ0v) is 17.6. The Bertz CT molecular complexity index is 819. The van der Waals surface area contributed by atoms with Crippen LogP contribution in [0.15, 0.2) is 46.8 Å². The summed E-state index contributed by atoms with van der Waals surface area (Å²) in [4.78, 5) is 25.5. The van der Waals surface area contributed by atoms with Gasteiger partial charge < -0.3 is 25.2 Å². The number of nitrogens with one attached hydrogen (secondary N) is 2. The van der Waals surface area contributed by atoms with Crippen molar-refractivity contribution in [3.8, 4) is 0 Å². The Kier molecular flexibility index (Phi) is 8.85. The lowest BCUT2D eigenvalue weighted by Crippen LogP contribution is -2.35. The maximum absolute atomic E-state index is 12.9. The van der Waals surface area contributed by atoms with E-state index in [1.54, 1.807) is 38.1 Å². The first-order valence-electron chi connectivity index (χ1n) is 9.44. The van der Waals surface area contributed by atoms with Crippen molar-refractivity contribution in [2.75, 3.05) is 40.0 Å². The average molecular weight is 423 g/mol. The topological polar surface area (TPSA) is 96.9 Å². The van der Waals surface area contributed by atoms with Crippen molar-refractivity contribution in [1.82, 2.24) is 10.6 Å². The van der Waals surface area contributed by atoms with E-state index in [1.807, 2.05) is 7.05 Å². The van der Waals surface area contributed by atoms with Crippen LogP contribution in [-0.4, -0.2) is 56.9 Å². The van der Waals surface area contributed by atoms with E-state index in [4.69, 9.17) is 21.1 Å². The Hall–Kier alpha value is -2.19. The molecule has 0 radical (unpaired) electrons. The summed E-state index contributed by atoms with van der Waals surface area (Å²) in [5.74, 6) is -1.82. The number of carbonyl (C=O) groups is 2. The van der Waals surface area contributed by atoms with Gasteiger partial charge in [0, 0.05) is 28.8 Å². The second-order valence-electron chi connectivity index (χ2n) is 6.47. The van der Waals surface area contributed by atoms with Gasteiger partial charge in [-0.05, 0) is 32.5 Å². The highest BCUT2D eigenvalue weighted by Gasteiger charge is 2.38. The third kappa shape index (κ3) is 5.45. The highest BCUT2D eigenvalue weighted by Crippen LogP contribution is 2.41. The number of Topliss-reactive ketones (excluding diaryl/α,β-unsaturated/α-hetero) is 1. The number of likely N-dealkylation sites (N-methyl/N-ethyl adjacent to an activating group) is 1. The zero-order chi connectivity index (χ0) is 21.4. The van der Waals surface area contributed by atoms with Crippen LogP contribution in [0.4, 0.5) is 0 Å². The van der Waals surface area contributed by atoms with Crippen molar-refractivity contribution >= 4 is 23.4 Å². The minimum atomic E-state index is -0.772. The monoisotopic (exact) mass is 422 g/mol. The molecule has 0 fully saturated rings. The first kappa shape index (κ1) is 23.1. The smallest absolute Gasteiger partial charge is 0.336 e. The molecular weight excluding hydrogens is 396 g/mol. The molecule has 29 heavy (non-hydrogen) atoms. The maximum Gasteiger partial charge on any atom is 0.336 e. The fraction of sp³-hybridized carbons (Fsp3) is 0.429. The molecule has 3 N–H and O–H groups in total. The molecule has 1 aromatic carbocycles. The Morgan fingerprint density at radius 1 is 1.28 bits per heavy atom. The number of carbonyl (C=O) groups excluding carboxylic acids is 2. The third-order valence-electron chi connectivity index (χ3n) is 4.54. The van der Waals surface area contributed by atoms with E-state index >= 15 is 0 Å². The highest BCUT2D eigenvalue weighted by atomic mass is 35.5. The lowest BCUT2D eigenvalue weighted by molar-refractivity contribution is -0.139. The summed E-state index contributed by atoms with van der Waals surface area (Å²) in [5, 5.41) is 16.0. The van der Waals surface area contributed by atoms with Gasteiger partial charge in [-0.15, -0.1) is 0 Å². The third-order valence-corrected chi connectivity index (χ3v) is 4.89. The van der Waals surface area contributed by atoms with Crippen LogP contribution in [-0.2, 0) is 19.1 Å². The minimum absolute atomic E-state index is 0.134. The summed E-state index contributed by atoms with van der Waals surface area (Å²) in [5.41, 5.74) is 2.17. The van der Waals surface area contributed by atoms with E-state index in [9.17, 15) is 14.7 Å². The van der Waals surface area contributed by atoms with Crippen molar-refractivity contribution in [2.45, 2.75) is 19.8 Å². The Morgan fingerprint density at radius 3 is 2.62 bits per heavy atom. The van der Waals surface area contributed by atoms with E-state index in [0.29, 0.717) is 35.1 Å². The van der Waals surface area contributed by atoms with Crippen LogP contribution >= 0.6 is 11.6 Å². The summed E-state index contributed by atoms with van der Waals surface area (Å²) in [6, 6.07) is 7.01. The molecule has 7 nitrogen and oxygen atoms in total. The first-order chi connectivity index (χ1) is 14.0. The number of aliphatic hydroxyl groups excluding tert-OH is 1. The van der Waals surface area contributed by atoms with Gasteiger partial charge in [0.05, 0.1) is 31.1 Å². The molecule has 1 aliphatic heterocycles. The summed E-state index contributed by atoms with van der Waals surface area (Å²) in [6.07, 6.45) is 0. The summed E-state index contributed by atoms with van der Waals surface area (Å²) < 4.78 is 11.0. The fourth-order valence-electron chi connectivity index (χ4n) is 3.28. The van der Waals surface area contributed by atoms with Gasteiger partial charge in [-0.2, -0.15) is 0 Å². The van der Waals surface area contributed by atoms with Gasteiger partial charge in [-0.3, -0.25) is 4.79 Å². The molecule has 0 saturated carbocycles. The second kappa shape index (κ2) is 11.1. The standard InChI is InChI=1S/C21H27ClN2O5/c1-4-29-21(27)20-16(12-28-10-9-23-3)24-13(2)18(17(26)11-25)19(20)14-7-5-6-8-15(14)22/h5-8,19,23-25H,4,9-12H2,1-3H3. The zero-order valence-electron chi connectivity index (χ0n) is 16.9. The number of ketones is 1. The molecule has 1 aliphatic rings. The lowest BCUT2D eigenvalue weighted by atomic mass is 9.78. The largest absolute Gasteiger partial charge is 0.463 e. The van der Waals surface area contributed by atoms with Gasteiger partial charge in [0.25, 0.3) is 0 Å². The number of benzene rings is 1. The van der Waals surface area contributed by atoms with Crippen molar-refractivity contribution in [3.05, 3.63) is 57.4 Å². The number of halogens is 1. The van der Waals surface area contributed by atoms with Crippen LogP contribution in [0.2, 0.25) is 5.02 Å². The van der Waals surface area contributed by atoms with Crippen LogP contribution in [0.3, 0.4) is 0 Å². The number of aliphatic hydroxyl groups is 1. The Morgan fingerprint density at radius 2 is 2.00 bits per heavy atom. The van der Waals surface area contributed by atoms with Crippen LogP contribution < -0.4 is 10.6 Å². The molecule has 0 saturated heterocycles. The summed E-state index contributed by atoms with van der Waals surface area (Å²) >= 11 is 6.43. The van der Waals surface area contributed by atoms with E-state index < -0.39 is 24.3 Å². The normalized spacial score (nSPS) is 16.7. The van der Waals surface area contributed by atoms with Gasteiger partial charge in [0.15, 0.2) is 5.78 Å². The van der Waals surface area contributed by atoms with Gasteiger partial charge in [-0.1, -0.05) is 29.8 Å².